The maximum Gasteiger partial charge on any atom is 0.194 e. The first-order valence-electron chi connectivity index (χ1n) is 10.1. The molecule has 0 amide bonds. The SMILES string of the molecule is CCNC(=NCC(c1ccc(CC)cc1)N(C)C)N1CCS(=O)(=O)C(C)(C)C1.I. The Morgan fingerprint density at radius 3 is 2.34 bits per heavy atom. The maximum atomic E-state index is 12.3. The lowest BCUT2D eigenvalue weighted by Crippen LogP contribution is -2.57. The molecule has 0 spiro atoms. The van der Waals surface area contributed by atoms with Gasteiger partial charge in [0.15, 0.2) is 15.8 Å². The summed E-state index contributed by atoms with van der Waals surface area (Å²) in [6.07, 6.45) is 1.03. The number of hydrogen-bond acceptors (Lipinski definition) is 4. The van der Waals surface area contributed by atoms with E-state index < -0.39 is 14.6 Å². The normalized spacial score (nSPS) is 19.6. The second kappa shape index (κ2) is 10.9. The lowest BCUT2D eigenvalue weighted by Gasteiger charge is -2.39. The molecule has 1 aliphatic rings. The van der Waals surface area contributed by atoms with Gasteiger partial charge in [0, 0.05) is 19.6 Å². The van der Waals surface area contributed by atoms with Crippen molar-refractivity contribution in [1.29, 1.82) is 0 Å². The Labute approximate surface area is 194 Å². The molecule has 0 aliphatic carbocycles. The summed E-state index contributed by atoms with van der Waals surface area (Å²) in [5, 5.41) is 3.34. The van der Waals surface area contributed by atoms with Gasteiger partial charge < -0.3 is 15.1 Å². The van der Waals surface area contributed by atoms with Crippen LogP contribution in [0.15, 0.2) is 29.3 Å². The molecule has 0 radical (unpaired) electrons. The summed E-state index contributed by atoms with van der Waals surface area (Å²) in [5.41, 5.74) is 2.57. The highest BCUT2D eigenvalue weighted by Gasteiger charge is 2.41. The van der Waals surface area contributed by atoms with Crippen LogP contribution in [0, 0.1) is 0 Å². The zero-order chi connectivity index (χ0) is 20.9. The van der Waals surface area contributed by atoms with E-state index in [9.17, 15) is 8.42 Å². The summed E-state index contributed by atoms with van der Waals surface area (Å²) in [6, 6.07) is 8.89. The topological polar surface area (TPSA) is 65.0 Å². The lowest BCUT2D eigenvalue weighted by atomic mass is 10.0. The van der Waals surface area contributed by atoms with Crippen molar-refractivity contribution in [3.8, 4) is 0 Å². The number of sulfone groups is 1. The fourth-order valence-corrected chi connectivity index (χ4v) is 4.83. The Morgan fingerprint density at radius 2 is 1.86 bits per heavy atom. The van der Waals surface area contributed by atoms with Crippen LogP contribution in [-0.4, -0.2) is 75.0 Å². The monoisotopic (exact) mass is 536 g/mol. The molecule has 0 saturated carbocycles. The van der Waals surface area contributed by atoms with E-state index in [2.05, 4.69) is 60.4 Å². The van der Waals surface area contributed by atoms with Gasteiger partial charge in [-0.15, -0.1) is 24.0 Å². The van der Waals surface area contributed by atoms with Crippen LogP contribution in [0.4, 0.5) is 0 Å². The molecular formula is C21H37IN4O2S. The standard InChI is InChI=1S/C21H36N4O2S.HI/c1-7-17-9-11-18(12-10-17)19(24(5)6)15-23-20(22-8-2)25-13-14-28(26,27)21(3,4)16-25;/h9-12,19H,7-8,13-16H2,1-6H3,(H,22,23);1H. The number of guanidine groups is 1. The number of rotatable bonds is 6. The van der Waals surface area contributed by atoms with E-state index in [0.717, 1.165) is 18.9 Å². The Kier molecular flexibility index (Phi) is 9.88. The molecule has 0 aromatic heterocycles. The van der Waals surface area contributed by atoms with Crippen molar-refractivity contribution in [1.82, 2.24) is 15.1 Å². The maximum absolute atomic E-state index is 12.3. The minimum absolute atomic E-state index is 0. The highest BCUT2D eigenvalue weighted by molar-refractivity contribution is 14.0. The van der Waals surface area contributed by atoms with Crippen LogP contribution in [0.25, 0.3) is 0 Å². The summed E-state index contributed by atoms with van der Waals surface area (Å²) >= 11 is 0. The molecule has 1 N–H and O–H groups in total. The van der Waals surface area contributed by atoms with Gasteiger partial charge >= 0.3 is 0 Å². The van der Waals surface area contributed by atoms with Gasteiger partial charge in [0.2, 0.25) is 0 Å². The number of nitrogens with zero attached hydrogens (tertiary/aromatic N) is 3. The van der Waals surface area contributed by atoms with Gasteiger partial charge in [-0.25, -0.2) is 8.42 Å². The molecule has 166 valence electrons. The molecule has 1 aromatic rings. The predicted octanol–water partition coefficient (Wildman–Crippen LogP) is 2.94. The summed E-state index contributed by atoms with van der Waals surface area (Å²) in [7, 11) is 1.06. The van der Waals surface area contributed by atoms with Crippen LogP contribution < -0.4 is 5.32 Å². The molecule has 29 heavy (non-hydrogen) atoms. The number of aryl methyl sites for hydroxylation is 1. The molecular weight excluding hydrogens is 499 g/mol. The van der Waals surface area contributed by atoms with Gasteiger partial charge in [0.1, 0.15) is 0 Å². The van der Waals surface area contributed by atoms with E-state index in [1.807, 2.05) is 6.92 Å². The van der Waals surface area contributed by atoms with E-state index in [-0.39, 0.29) is 35.8 Å². The largest absolute Gasteiger partial charge is 0.357 e. The van der Waals surface area contributed by atoms with E-state index in [4.69, 9.17) is 4.99 Å². The van der Waals surface area contributed by atoms with Crippen molar-refractivity contribution in [2.75, 3.05) is 46.0 Å². The summed E-state index contributed by atoms with van der Waals surface area (Å²) in [6.45, 7) is 10.1. The van der Waals surface area contributed by atoms with Crippen LogP contribution in [0.1, 0.15) is 44.9 Å². The van der Waals surface area contributed by atoms with E-state index >= 15 is 0 Å². The van der Waals surface area contributed by atoms with Crippen molar-refractivity contribution < 1.29 is 8.42 Å². The lowest BCUT2D eigenvalue weighted by molar-refractivity contribution is 0.303. The molecule has 1 unspecified atom stereocenters. The quantitative estimate of drug-likeness (QED) is 0.344. The van der Waals surface area contributed by atoms with Crippen molar-refractivity contribution in [3.63, 3.8) is 0 Å². The van der Waals surface area contributed by atoms with Gasteiger partial charge in [-0.2, -0.15) is 0 Å². The zero-order valence-corrected chi connectivity index (χ0v) is 21.8. The molecule has 1 fully saturated rings. The number of hydrogen-bond donors (Lipinski definition) is 1. The summed E-state index contributed by atoms with van der Waals surface area (Å²) < 4.78 is 23.9. The number of likely N-dealkylation sites (N-methyl/N-ethyl adjacent to an activating group) is 1. The summed E-state index contributed by atoms with van der Waals surface area (Å²) in [4.78, 5) is 9.15. The Bertz CT molecular complexity index is 776. The van der Waals surface area contributed by atoms with Crippen molar-refractivity contribution in [2.45, 2.75) is 44.9 Å². The van der Waals surface area contributed by atoms with Gasteiger partial charge in [0.05, 0.1) is 23.1 Å². The van der Waals surface area contributed by atoms with Crippen LogP contribution in [0.5, 0.6) is 0 Å². The van der Waals surface area contributed by atoms with E-state index in [1.54, 1.807) is 13.8 Å². The zero-order valence-electron chi connectivity index (χ0n) is 18.6. The third-order valence-corrected chi connectivity index (χ3v) is 8.02. The minimum Gasteiger partial charge on any atom is -0.357 e. The second-order valence-electron chi connectivity index (χ2n) is 8.27. The highest BCUT2D eigenvalue weighted by Crippen LogP contribution is 2.24. The first kappa shape index (κ1) is 26.2. The van der Waals surface area contributed by atoms with Crippen molar-refractivity contribution in [3.05, 3.63) is 35.4 Å². The molecule has 1 saturated heterocycles. The average Bonchev–Trinajstić information content (AvgIpc) is 2.63. The Hall–Kier alpha value is -0.870. The first-order valence-corrected chi connectivity index (χ1v) is 11.8. The third-order valence-electron chi connectivity index (χ3n) is 5.49. The van der Waals surface area contributed by atoms with Crippen LogP contribution in [0.3, 0.4) is 0 Å². The van der Waals surface area contributed by atoms with Gasteiger partial charge in [0.25, 0.3) is 0 Å². The minimum atomic E-state index is -3.07. The highest BCUT2D eigenvalue weighted by atomic mass is 127. The van der Waals surface area contributed by atoms with E-state index in [1.165, 1.54) is 11.1 Å². The number of nitrogens with one attached hydrogen (secondary N) is 1. The molecule has 1 aromatic carbocycles. The third kappa shape index (κ3) is 6.55. The molecule has 2 rings (SSSR count). The van der Waals surface area contributed by atoms with Crippen molar-refractivity contribution >= 4 is 39.8 Å². The van der Waals surface area contributed by atoms with Crippen LogP contribution >= 0.6 is 24.0 Å². The molecule has 6 nitrogen and oxygen atoms in total. The number of aliphatic imine (C=N–C) groups is 1. The molecule has 1 aliphatic heterocycles. The van der Waals surface area contributed by atoms with Crippen LogP contribution in [-0.2, 0) is 16.3 Å². The smallest absolute Gasteiger partial charge is 0.194 e. The van der Waals surface area contributed by atoms with Gasteiger partial charge in [-0.3, -0.25) is 4.99 Å². The Morgan fingerprint density at radius 1 is 1.24 bits per heavy atom. The fraction of sp³-hybridized carbons (Fsp3) is 0.667. The van der Waals surface area contributed by atoms with Crippen molar-refractivity contribution in [2.24, 2.45) is 4.99 Å². The average molecular weight is 537 g/mol. The second-order valence-corrected chi connectivity index (χ2v) is 11.0. The number of halogens is 1. The van der Waals surface area contributed by atoms with Crippen LogP contribution in [0.2, 0.25) is 0 Å². The Balaban J connectivity index is 0.00000420. The molecule has 0 bridgehead atoms. The van der Waals surface area contributed by atoms with E-state index in [0.29, 0.717) is 19.6 Å². The van der Waals surface area contributed by atoms with Gasteiger partial charge in [-0.05, 0) is 52.4 Å². The molecule has 8 heteroatoms. The number of benzene rings is 1. The van der Waals surface area contributed by atoms with Gasteiger partial charge in [-0.1, -0.05) is 31.2 Å². The fourth-order valence-electron chi connectivity index (χ4n) is 3.47. The first-order chi connectivity index (χ1) is 13.1. The summed E-state index contributed by atoms with van der Waals surface area (Å²) in [5.74, 6) is 0.961. The predicted molar refractivity (Wildman–Crippen MR) is 133 cm³/mol. The molecule has 1 atom stereocenters. The molecule has 1 heterocycles.